The number of alkyl halides is 6. The highest BCUT2D eigenvalue weighted by atomic mass is 19.4. The van der Waals surface area contributed by atoms with E-state index in [9.17, 15) is 96.5 Å². The van der Waals surface area contributed by atoms with Crippen molar-refractivity contribution in [2.75, 3.05) is 33.2 Å². The summed E-state index contributed by atoms with van der Waals surface area (Å²) in [5, 5.41) is 122. The van der Waals surface area contributed by atoms with E-state index < -0.39 is 146 Å². The van der Waals surface area contributed by atoms with Crippen LogP contribution in [0, 0.1) is 19.7 Å². The molecule has 0 aliphatic carbocycles. The third kappa shape index (κ3) is 6.53. The van der Waals surface area contributed by atoms with E-state index in [0.717, 1.165) is 18.7 Å². The summed E-state index contributed by atoms with van der Waals surface area (Å²) in [4.78, 5) is 27.6. The molecule has 3 atom stereocenters. The quantitative estimate of drug-likeness (QED) is 0.116. The van der Waals surface area contributed by atoms with Gasteiger partial charge in [-0.15, -0.1) is 0 Å². The number of halogens is 7. The average Bonchev–Trinajstić information content (AvgIpc) is 3.03. The molecular formula is C31H37F7N4O13. The number of carbonyl (C=O) groups is 2. The van der Waals surface area contributed by atoms with Gasteiger partial charge in [-0.3, -0.25) is 14.6 Å². The number of benzene rings is 2. The molecule has 2 saturated heterocycles. The van der Waals surface area contributed by atoms with Crippen LogP contribution in [0.2, 0.25) is 0 Å². The Morgan fingerprint density at radius 2 is 1.22 bits per heavy atom. The molecule has 2 aromatic rings. The number of hydrogen-bond donors (Lipinski definition) is 11. The van der Waals surface area contributed by atoms with Crippen LogP contribution >= 0.6 is 0 Å². The molecule has 11 N–H and O–H groups in total. The minimum absolute atomic E-state index is 0.0545. The van der Waals surface area contributed by atoms with Gasteiger partial charge in [-0.1, -0.05) is 0 Å². The Bertz CT molecular complexity index is 1830. The van der Waals surface area contributed by atoms with Crippen molar-refractivity contribution in [3.8, 4) is 28.7 Å². The number of phenolic OH excluding ortho intramolecular Hbond substituents is 5. The fraction of sp³-hybridized carbons (Fsp3) is 0.548. The van der Waals surface area contributed by atoms with Crippen molar-refractivity contribution in [1.82, 2.24) is 19.6 Å². The predicted octanol–water partition coefficient (Wildman–Crippen LogP) is 0.711. The molecule has 0 spiro atoms. The molecule has 24 heteroatoms. The zero-order chi connectivity index (χ0) is 42.5. The summed E-state index contributed by atoms with van der Waals surface area (Å²) < 4.78 is 98.3. The van der Waals surface area contributed by atoms with Gasteiger partial charge in [0.1, 0.15) is 46.2 Å². The predicted molar refractivity (Wildman–Crippen MR) is 166 cm³/mol. The molecule has 17 nitrogen and oxygen atoms in total. The van der Waals surface area contributed by atoms with Gasteiger partial charge in [0, 0.05) is 56.8 Å². The van der Waals surface area contributed by atoms with Gasteiger partial charge in [0.25, 0.3) is 5.79 Å². The van der Waals surface area contributed by atoms with E-state index in [0.29, 0.717) is 14.0 Å². The molecule has 308 valence electrons. The van der Waals surface area contributed by atoms with Gasteiger partial charge >= 0.3 is 24.3 Å². The molecule has 2 aliphatic rings. The summed E-state index contributed by atoms with van der Waals surface area (Å²) in [5.41, 5.74) is -10.0. The number of nitrogens with zero attached hydrogens (tertiary/aromatic N) is 4. The van der Waals surface area contributed by atoms with Crippen LogP contribution < -0.4 is 0 Å². The summed E-state index contributed by atoms with van der Waals surface area (Å²) in [6.07, 6.45) is -11.9. The number of aromatic hydroxyl groups is 5. The van der Waals surface area contributed by atoms with Crippen LogP contribution in [0.25, 0.3) is 0 Å². The number of phenols is 5. The zero-order valence-corrected chi connectivity index (χ0v) is 29.2. The van der Waals surface area contributed by atoms with Crippen molar-refractivity contribution in [2.24, 2.45) is 0 Å². The maximum Gasteiger partial charge on any atom is 0.423 e. The van der Waals surface area contributed by atoms with Crippen molar-refractivity contribution >= 4 is 11.9 Å². The Hall–Kier alpha value is -4.59. The number of urea groups is 1. The number of piperidine rings is 1. The van der Waals surface area contributed by atoms with Crippen molar-refractivity contribution < 1.29 is 96.5 Å². The lowest BCUT2D eigenvalue weighted by Gasteiger charge is -2.61. The van der Waals surface area contributed by atoms with E-state index in [1.807, 2.05) is 0 Å². The first-order chi connectivity index (χ1) is 24.8. The van der Waals surface area contributed by atoms with Crippen LogP contribution in [0.3, 0.4) is 0 Å². The van der Waals surface area contributed by atoms with E-state index in [1.54, 1.807) is 0 Å². The van der Waals surface area contributed by atoms with Crippen LogP contribution in [0.1, 0.15) is 59.3 Å². The Kier molecular flexibility index (Phi) is 10.6. The molecule has 0 radical (unpaired) electrons. The summed E-state index contributed by atoms with van der Waals surface area (Å²) in [6, 6.07) is -10.5. The second-order valence-corrected chi connectivity index (χ2v) is 13.3. The second kappa shape index (κ2) is 13.6. The van der Waals surface area contributed by atoms with E-state index in [2.05, 4.69) is 0 Å². The van der Waals surface area contributed by atoms with Crippen molar-refractivity contribution in [1.29, 1.82) is 0 Å². The number of carbonyl (C=O) groups excluding carboxylic acids is 2. The lowest BCUT2D eigenvalue weighted by Crippen LogP contribution is -2.85. The Balaban J connectivity index is 2.03. The highest BCUT2D eigenvalue weighted by Crippen LogP contribution is 2.57. The lowest BCUT2D eigenvalue weighted by molar-refractivity contribution is -0.482. The first-order valence-corrected chi connectivity index (χ1v) is 15.8. The van der Waals surface area contributed by atoms with Crippen molar-refractivity contribution in [3.63, 3.8) is 0 Å². The van der Waals surface area contributed by atoms with E-state index in [4.69, 9.17) is 0 Å². The number of likely N-dealkylation sites (tertiary alicyclic amines) is 1. The van der Waals surface area contributed by atoms with E-state index in [-0.39, 0.29) is 18.0 Å². The Labute approximate surface area is 305 Å². The first kappa shape index (κ1) is 43.1. The number of rotatable bonds is 4. The largest absolute Gasteiger partial charge is 0.507 e. The monoisotopic (exact) mass is 806 g/mol. The normalized spacial score (nSPS) is 22.1. The molecule has 2 aliphatic heterocycles. The van der Waals surface area contributed by atoms with Crippen LogP contribution in [0.15, 0.2) is 0 Å². The van der Waals surface area contributed by atoms with E-state index >= 15 is 0 Å². The molecule has 2 heterocycles. The number of aliphatic hydroxyl groups is 6. The van der Waals surface area contributed by atoms with Gasteiger partial charge in [0.2, 0.25) is 11.7 Å². The van der Waals surface area contributed by atoms with Crippen LogP contribution in [-0.2, 0) is 17.1 Å². The molecule has 0 aromatic heterocycles. The summed E-state index contributed by atoms with van der Waals surface area (Å²) in [7, 11) is 0.479. The average molecular weight is 807 g/mol. The van der Waals surface area contributed by atoms with Crippen molar-refractivity contribution in [2.45, 2.75) is 75.7 Å². The smallest absolute Gasteiger partial charge is 0.423 e. The molecule has 4 rings (SSSR count). The van der Waals surface area contributed by atoms with Gasteiger partial charge in [0.05, 0.1) is 11.6 Å². The van der Waals surface area contributed by atoms with Crippen LogP contribution in [-0.4, -0.2) is 144 Å². The number of amides is 3. The van der Waals surface area contributed by atoms with Crippen LogP contribution in [0.4, 0.5) is 35.5 Å². The number of hydrogen-bond acceptors (Lipinski definition) is 14. The van der Waals surface area contributed by atoms with Gasteiger partial charge in [-0.2, -0.15) is 26.3 Å². The maximum atomic E-state index is 14.9. The fourth-order valence-corrected chi connectivity index (χ4v) is 7.06. The third-order valence-electron chi connectivity index (χ3n) is 10.1. The molecule has 2 fully saturated rings. The zero-order valence-electron chi connectivity index (χ0n) is 29.2. The molecule has 0 bridgehead atoms. The summed E-state index contributed by atoms with van der Waals surface area (Å²) in [6.45, 7) is 1.96. The maximum absolute atomic E-state index is 14.9. The fourth-order valence-electron chi connectivity index (χ4n) is 7.06. The molecule has 3 amide bonds. The number of piperazine rings is 1. The van der Waals surface area contributed by atoms with Gasteiger partial charge in [0.15, 0.2) is 11.6 Å². The Morgan fingerprint density at radius 1 is 0.764 bits per heavy atom. The minimum atomic E-state index is -5.95. The first-order valence-electron chi connectivity index (χ1n) is 15.8. The second-order valence-electron chi connectivity index (χ2n) is 13.3. The molecule has 3 unspecified atom stereocenters. The van der Waals surface area contributed by atoms with E-state index in [1.165, 1.54) is 11.8 Å². The minimum Gasteiger partial charge on any atom is -0.507 e. The molecule has 55 heavy (non-hydrogen) atoms. The van der Waals surface area contributed by atoms with Gasteiger partial charge < -0.3 is 66.0 Å². The topological polar surface area (TPSA) is 270 Å². The summed E-state index contributed by atoms with van der Waals surface area (Å²) in [5.74, 6) is -24.7. The molecule has 0 saturated carbocycles. The molecule has 2 aromatic carbocycles. The Morgan fingerprint density at radius 3 is 1.64 bits per heavy atom. The third-order valence-corrected chi connectivity index (χ3v) is 10.1. The standard InChI is InChI=1S/C31H37F7N4O13/c1-10-14(19(44)11(2)18(32)20(10)45)24-27(50,51)25(41-8-6-40(7-9-41)13(4)43)28(52,53)31(54,55)42(24)26(49)39(5)12(3)15-21(46)16(29(33,34)35)23(48)17(22(15)47)30(36,37)38/h12,24-25,44-48,50-55H,6-9H2,1-5H3. The van der Waals surface area contributed by atoms with Gasteiger partial charge in [-0.05, 0) is 20.8 Å². The lowest BCUT2D eigenvalue weighted by atomic mass is 9.76. The van der Waals surface area contributed by atoms with Gasteiger partial charge in [-0.25, -0.2) is 9.18 Å². The molecular weight excluding hydrogens is 769 g/mol. The summed E-state index contributed by atoms with van der Waals surface area (Å²) >= 11 is 0. The highest BCUT2D eigenvalue weighted by Gasteiger charge is 2.75. The van der Waals surface area contributed by atoms with Crippen molar-refractivity contribution in [3.05, 3.63) is 39.2 Å². The highest BCUT2D eigenvalue weighted by molar-refractivity contribution is 5.78. The van der Waals surface area contributed by atoms with Crippen LogP contribution in [0.5, 0.6) is 28.7 Å². The SMILES string of the molecule is CC(=O)N1CCN(C2C(O)(O)C(c3c(C)c(O)c(F)c(C)c3O)N(C(=O)N(C)C(C)c3c(O)c(C(F)(F)F)c(O)c(C(F)(F)F)c3O)C(O)(O)C2(O)O)CC1.